The Hall–Kier alpha value is -2.78. The molecule has 1 amide bonds. The molecule has 0 bridgehead atoms. The second-order valence-electron chi connectivity index (χ2n) is 5.59. The topological polar surface area (TPSA) is 73.5 Å². The van der Waals surface area contributed by atoms with E-state index >= 15 is 0 Å². The molecule has 0 spiro atoms. The Labute approximate surface area is 146 Å². The van der Waals surface area contributed by atoms with Crippen LogP contribution in [0.15, 0.2) is 29.1 Å². The highest BCUT2D eigenvalue weighted by atomic mass is 19.4. The number of fused-ring (bicyclic) bond motifs is 1. The summed E-state index contributed by atoms with van der Waals surface area (Å²) >= 11 is 0. The number of carbonyl (C=O) groups is 2. The van der Waals surface area contributed by atoms with E-state index in [0.717, 1.165) is 4.57 Å². The lowest BCUT2D eigenvalue weighted by Crippen LogP contribution is -2.44. The summed E-state index contributed by atoms with van der Waals surface area (Å²) in [5.74, 6) is -1.95. The van der Waals surface area contributed by atoms with Crippen molar-refractivity contribution in [2.75, 3.05) is 19.7 Å². The van der Waals surface area contributed by atoms with Crippen molar-refractivity contribution < 1.29 is 27.5 Å². The number of rotatable bonds is 6. The lowest BCUT2D eigenvalue weighted by atomic mass is 10.3. The Kier molecular flexibility index (Phi) is 5.73. The second kappa shape index (κ2) is 7.63. The predicted octanol–water partition coefficient (Wildman–Crippen LogP) is 1.29. The van der Waals surface area contributed by atoms with Crippen molar-refractivity contribution in [1.82, 2.24) is 14.0 Å². The van der Waals surface area contributed by atoms with Gasteiger partial charge < -0.3 is 9.64 Å². The fourth-order valence-electron chi connectivity index (χ4n) is 2.56. The molecule has 0 saturated carbocycles. The smallest absolute Gasteiger partial charge is 0.406 e. The average Bonchev–Trinajstić information content (AvgIpc) is 2.78. The van der Waals surface area contributed by atoms with Crippen LogP contribution in [0, 0.1) is 0 Å². The van der Waals surface area contributed by atoms with Crippen LogP contribution in [0.3, 0.4) is 0 Å². The number of amides is 1. The van der Waals surface area contributed by atoms with Crippen LogP contribution in [0.4, 0.5) is 13.2 Å². The molecule has 0 unspecified atom stereocenters. The number of ether oxygens (including phenoxy) is 1. The largest absolute Gasteiger partial charge is 0.465 e. The normalized spacial score (nSPS) is 11.6. The molecule has 142 valence electrons. The number of nitrogens with zero attached hydrogens (tertiary/aromatic N) is 3. The number of hydrogen-bond donors (Lipinski definition) is 0. The maximum Gasteiger partial charge on any atom is 0.406 e. The number of halogens is 3. The molecule has 26 heavy (non-hydrogen) atoms. The molecule has 2 aromatic rings. The molecule has 0 atom stereocenters. The summed E-state index contributed by atoms with van der Waals surface area (Å²) in [5, 5.41) is 0. The molecule has 2 rings (SSSR count). The number of carbonyl (C=O) groups excluding carboxylic acids is 2. The molecule has 10 heteroatoms. The molecule has 0 aliphatic heterocycles. The molecule has 0 aliphatic carbocycles. The van der Waals surface area contributed by atoms with E-state index < -0.39 is 43.4 Å². The van der Waals surface area contributed by atoms with Crippen molar-refractivity contribution in [3.8, 4) is 0 Å². The third-order valence-electron chi connectivity index (χ3n) is 3.69. The minimum Gasteiger partial charge on any atom is -0.465 e. The molecular formula is C16H18F3N3O4. The monoisotopic (exact) mass is 373 g/mol. The number of aromatic nitrogens is 2. The van der Waals surface area contributed by atoms with Crippen LogP contribution in [-0.2, 0) is 27.9 Å². The van der Waals surface area contributed by atoms with Gasteiger partial charge in [-0.3, -0.25) is 18.7 Å². The summed E-state index contributed by atoms with van der Waals surface area (Å²) in [6.07, 6.45) is -4.69. The number of aryl methyl sites for hydroxylation is 1. The number of hydrogen-bond acceptors (Lipinski definition) is 4. The molecule has 1 heterocycles. The Bertz CT molecular complexity index is 870. The van der Waals surface area contributed by atoms with E-state index in [-0.39, 0.29) is 6.61 Å². The molecule has 0 radical (unpaired) electrons. The Balaban J connectivity index is 2.30. The highest BCUT2D eigenvalue weighted by Crippen LogP contribution is 2.17. The molecule has 0 saturated heterocycles. The van der Waals surface area contributed by atoms with Crippen molar-refractivity contribution in [3.05, 3.63) is 34.7 Å². The standard InChI is InChI=1S/C16H18F3N3O4/c1-3-26-14(24)9-21(10-16(17,18)19)13(23)8-22-12-7-5-4-6-11(12)20(2)15(22)25/h4-7H,3,8-10H2,1-2H3. The zero-order valence-corrected chi connectivity index (χ0v) is 14.2. The first-order valence-corrected chi connectivity index (χ1v) is 7.78. The van der Waals surface area contributed by atoms with Crippen LogP contribution in [-0.4, -0.2) is 51.8 Å². The molecule has 1 aromatic heterocycles. The van der Waals surface area contributed by atoms with Gasteiger partial charge >= 0.3 is 17.8 Å². The number of para-hydroxylation sites is 2. The first-order valence-electron chi connectivity index (χ1n) is 7.78. The number of benzene rings is 1. The molecule has 1 aromatic carbocycles. The zero-order valence-electron chi connectivity index (χ0n) is 14.2. The van der Waals surface area contributed by atoms with Gasteiger partial charge in [0.1, 0.15) is 19.6 Å². The van der Waals surface area contributed by atoms with E-state index in [9.17, 15) is 27.6 Å². The van der Waals surface area contributed by atoms with Crippen LogP contribution in [0.25, 0.3) is 11.0 Å². The minimum absolute atomic E-state index is 0.0182. The van der Waals surface area contributed by atoms with Crippen LogP contribution in [0.1, 0.15) is 6.92 Å². The predicted molar refractivity (Wildman–Crippen MR) is 86.4 cm³/mol. The fraction of sp³-hybridized carbons (Fsp3) is 0.438. The van der Waals surface area contributed by atoms with Gasteiger partial charge in [-0.2, -0.15) is 13.2 Å². The van der Waals surface area contributed by atoms with Crippen molar-refractivity contribution in [3.63, 3.8) is 0 Å². The number of imidazole rings is 1. The molecule has 7 nitrogen and oxygen atoms in total. The maximum atomic E-state index is 12.8. The number of alkyl halides is 3. The Morgan fingerprint density at radius 3 is 2.38 bits per heavy atom. The van der Waals surface area contributed by atoms with E-state index in [1.165, 1.54) is 18.5 Å². The summed E-state index contributed by atoms with van der Waals surface area (Å²) in [6, 6.07) is 6.59. The van der Waals surface area contributed by atoms with E-state index in [2.05, 4.69) is 4.74 Å². The molecule has 0 fully saturated rings. The van der Waals surface area contributed by atoms with E-state index in [1.54, 1.807) is 24.3 Å². The molecular weight excluding hydrogens is 355 g/mol. The van der Waals surface area contributed by atoms with Crippen molar-refractivity contribution in [2.45, 2.75) is 19.6 Å². The van der Waals surface area contributed by atoms with Crippen molar-refractivity contribution >= 4 is 22.9 Å². The van der Waals surface area contributed by atoms with Gasteiger partial charge in [0.05, 0.1) is 17.6 Å². The lowest BCUT2D eigenvalue weighted by molar-refractivity contribution is -0.167. The van der Waals surface area contributed by atoms with Crippen molar-refractivity contribution in [2.24, 2.45) is 7.05 Å². The van der Waals surface area contributed by atoms with Gasteiger partial charge in [0.25, 0.3) is 0 Å². The molecule has 0 N–H and O–H groups in total. The van der Waals surface area contributed by atoms with E-state index in [4.69, 9.17) is 0 Å². The van der Waals surface area contributed by atoms with Gasteiger partial charge in [-0.1, -0.05) is 12.1 Å². The average molecular weight is 373 g/mol. The fourth-order valence-corrected chi connectivity index (χ4v) is 2.56. The summed E-state index contributed by atoms with van der Waals surface area (Å²) in [4.78, 5) is 36.5. The van der Waals surface area contributed by atoms with Crippen LogP contribution >= 0.6 is 0 Å². The van der Waals surface area contributed by atoms with E-state index in [1.807, 2.05) is 0 Å². The Morgan fingerprint density at radius 1 is 1.19 bits per heavy atom. The minimum atomic E-state index is -4.69. The highest BCUT2D eigenvalue weighted by Gasteiger charge is 2.34. The highest BCUT2D eigenvalue weighted by molar-refractivity contribution is 5.84. The van der Waals surface area contributed by atoms with E-state index in [0.29, 0.717) is 15.9 Å². The maximum absolute atomic E-state index is 12.8. The summed E-state index contributed by atoms with van der Waals surface area (Å²) in [6.45, 7) is -1.58. The summed E-state index contributed by atoms with van der Waals surface area (Å²) < 4.78 is 45.3. The van der Waals surface area contributed by atoms with Gasteiger partial charge in [-0.15, -0.1) is 0 Å². The first kappa shape index (κ1) is 19.5. The van der Waals surface area contributed by atoms with Gasteiger partial charge in [0.2, 0.25) is 5.91 Å². The van der Waals surface area contributed by atoms with Crippen LogP contribution in [0.2, 0.25) is 0 Å². The number of esters is 1. The third-order valence-corrected chi connectivity index (χ3v) is 3.69. The van der Waals surface area contributed by atoms with Crippen molar-refractivity contribution in [1.29, 1.82) is 0 Å². The zero-order chi connectivity index (χ0) is 19.5. The lowest BCUT2D eigenvalue weighted by Gasteiger charge is -2.23. The van der Waals surface area contributed by atoms with Crippen LogP contribution in [0.5, 0.6) is 0 Å². The summed E-state index contributed by atoms with van der Waals surface area (Å²) in [7, 11) is 1.50. The third kappa shape index (κ3) is 4.44. The molecule has 0 aliphatic rings. The van der Waals surface area contributed by atoms with Gasteiger partial charge in [-0.05, 0) is 19.1 Å². The van der Waals surface area contributed by atoms with Crippen LogP contribution < -0.4 is 5.69 Å². The quantitative estimate of drug-likeness (QED) is 0.716. The van der Waals surface area contributed by atoms with Gasteiger partial charge in [0.15, 0.2) is 0 Å². The second-order valence-corrected chi connectivity index (χ2v) is 5.59. The summed E-state index contributed by atoms with van der Waals surface area (Å²) in [5.41, 5.74) is 0.414. The first-order chi connectivity index (χ1) is 12.1. The van der Waals surface area contributed by atoms with Gasteiger partial charge in [-0.25, -0.2) is 4.79 Å². The van der Waals surface area contributed by atoms with Gasteiger partial charge in [0, 0.05) is 7.05 Å². The Morgan fingerprint density at radius 2 is 1.81 bits per heavy atom. The SMILES string of the molecule is CCOC(=O)CN(CC(F)(F)F)C(=O)Cn1c(=O)n(C)c2ccccc21.